The van der Waals surface area contributed by atoms with E-state index in [1.54, 1.807) is 24.6 Å². The standard InChI is InChI=1S/C15H14N2O3S/c1-9-7-11(4-6-13(18)19)3-5-12(9)17-15(20)14-10(2)16-8-21-14/h3-8H,1-2H3,(H,17,20)(H,18,19). The number of aliphatic carboxylic acids is 1. The fourth-order valence-corrected chi connectivity index (χ4v) is 2.49. The average molecular weight is 302 g/mol. The van der Waals surface area contributed by atoms with E-state index in [1.807, 2.05) is 13.0 Å². The topological polar surface area (TPSA) is 79.3 Å². The van der Waals surface area contributed by atoms with Crippen molar-refractivity contribution in [2.75, 3.05) is 5.32 Å². The van der Waals surface area contributed by atoms with E-state index in [0.29, 0.717) is 16.3 Å². The summed E-state index contributed by atoms with van der Waals surface area (Å²) in [5.74, 6) is -1.18. The van der Waals surface area contributed by atoms with Crippen LogP contribution in [0.25, 0.3) is 6.08 Å². The Hall–Kier alpha value is -2.47. The van der Waals surface area contributed by atoms with Crippen LogP contribution in [0.4, 0.5) is 5.69 Å². The van der Waals surface area contributed by atoms with E-state index in [2.05, 4.69) is 10.3 Å². The third kappa shape index (κ3) is 3.76. The summed E-state index contributed by atoms with van der Waals surface area (Å²) < 4.78 is 0. The molecule has 0 aliphatic heterocycles. The lowest BCUT2D eigenvalue weighted by Crippen LogP contribution is -2.12. The molecule has 2 N–H and O–H groups in total. The first-order chi connectivity index (χ1) is 9.97. The van der Waals surface area contributed by atoms with Crippen LogP contribution >= 0.6 is 11.3 Å². The van der Waals surface area contributed by atoms with Gasteiger partial charge in [-0.2, -0.15) is 0 Å². The second-order valence-corrected chi connectivity index (χ2v) is 5.32. The van der Waals surface area contributed by atoms with Gasteiger partial charge in [-0.25, -0.2) is 9.78 Å². The number of nitrogens with one attached hydrogen (secondary N) is 1. The summed E-state index contributed by atoms with van der Waals surface area (Å²) in [6.45, 7) is 3.64. The maximum absolute atomic E-state index is 12.1. The molecule has 0 atom stereocenters. The number of nitrogens with zero attached hydrogens (tertiary/aromatic N) is 1. The second kappa shape index (κ2) is 6.32. The van der Waals surface area contributed by atoms with Gasteiger partial charge in [0.15, 0.2) is 0 Å². The highest BCUT2D eigenvalue weighted by molar-refractivity contribution is 7.12. The van der Waals surface area contributed by atoms with E-state index < -0.39 is 5.97 Å². The van der Waals surface area contributed by atoms with Crippen LogP contribution in [-0.4, -0.2) is 22.0 Å². The predicted octanol–water partition coefficient (Wildman–Crippen LogP) is 3.11. The molecule has 2 rings (SSSR count). The van der Waals surface area contributed by atoms with Crippen LogP contribution in [-0.2, 0) is 4.79 Å². The van der Waals surface area contributed by atoms with Gasteiger partial charge in [-0.15, -0.1) is 11.3 Å². The minimum atomic E-state index is -0.995. The fraction of sp³-hybridized carbons (Fsp3) is 0.133. The number of hydrogen-bond acceptors (Lipinski definition) is 4. The third-order valence-electron chi connectivity index (χ3n) is 2.87. The van der Waals surface area contributed by atoms with E-state index in [-0.39, 0.29) is 5.91 Å². The highest BCUT2D eigenvalue weighted by Crippen LogP contribution is 2.20. The van der Waals surface area contributed by atoms with Gasteiger partial charge in [0.05, 0.1) is 11.2 Å². The Kier molecular flexibility index (Phi) is 4.49. The molecule has 2 aromatic rings. The molecule has 0 unspecified atom stereocenters. The number of rotatable bonds is 4. The van der Waals surface area contributed by atoms with Gasteiger partial charge in [-0.3, -0.25) is 4.79 Å². The quantitative estimate of drug-likeness (QED) is 0.850. The van der Waals surface area contributed by atoms with Crippen molar-refractivity contribution in [2.45, 2.75) is 13.8 Å². The minimum absolute atomic E-state index is 0.188. The van der Waals surface area contributed by atoms with Crippen LogP contribution in [0.2, 0.25) is 0 Å². The first-order valence-electron chi connectivity index (χ1n) is 6.20. The number of thiazole rings is 1. The lowest BCUT2D eigenvalue weighted by Gasteiger charge is -2.08. The van der Waals surface area contributed by atoms with Gasteiger partial charge < -0.3 is 10.4 Å². The predicted molar refractivity (Wildman–Crippen MR) is 82.7 cm³/mol. The van der Waals surface area contributed by atoms with Crippen molar-refractivity contribution in [1.82, 2.24) is 4.98 Å². The lowest BCUT2D eigenvalue weighted by atomic mass is 10.1. The van der Waals surface area contributed by atoms with Crippen molar-refractivity contribution >= 4 is 35.0 Å². The largest absolute Gasteiger partial charge is 0.478 e. The summed E-state index contributed by atoms with van der Waals surface area (Å²) in [6, 6.07) is 5.32. The van der Waals surface area contributed by atoms with Gasteiger partial charge in [0.25, 0.3) is 5.91 Å². The average Bonchev–Trinajstić information content (AvgIpc) is 2.85. The van der Waals surface area contributed by atoms with Crippen molar-refractivity contribution in [3.05, 3.63) is 51.5 Å². The van der Waals surface area contributed by atoms with E-state index in [9.17, 15) is 9.59 Å². The Labute approximate surface area is 126 Å². The third-order valence-corrected chi connectivity index (χ3v) is 3.80. The molecule has 1 aromatic heterocycles. The molecule has 0 radical (unpaired) electrons. The molecule has 1 heterocycles. The molecule has 0 aliphatic rings. The van der Waals surface area contributed by atoms with E-state index in [0.717, 1.165) is 17.2 Å². The Bertz CT molecular complexity index is 719. The summed E-state index contributed by atoms with van der Waals surface area (Å²) in [5.41, 5.74) is 4.66. The van der Waals surface area contributed by atoms with Gasteiger partial charge in [0, 0.05) is 11.8 Å². The van der Waals surface area contributed by atoms with E-state index in [1.165, 1.54) is 17.4 Å². The monoisotopic (exact) mass is 302 g/mol. The number of carbonyl (C=O) groups excluding carboxylic acids is 1. The van der Waals surface area contributed by atoms with Crippen molar-refractivity contribution in [1.29, 1.82) is 0 Å². The minimum Gasteiger partial charge on any atom is -0.478 e. The number of carbonyl (C=O) groups is 2. The van der Waals surface area contributed by atoms with Crippen LogP contribution in [0.3, 0.4) is 0 Å². The van der Waals surface area contributed by atoms with Gasteiger partial charge in [-0.1, -0.05) is 6.07 Å². The number of anilines is 1. The number of amides is 1. The molecule has 6 heteroatoms. The van der Waals surface area contributed by atoms with Gasteiger partial charge in [0.2, 0.25) is 0 Å². The molecular weight excluding hydrogens is 288 g/mol. The maximum atomic E-state index is 12.1. The molecule has 0 bridgehead atoms. The van der Waals surface area contributed by atoms with Crippen LogP contribution < -0.4 is 5.32 Å². The second-order valence-electron chi connectivity index (χ2n) is 4.47. The number of carboxylic acids is 1. The molecule has 21 heavy (non-hydrogen) atoms. The molecule has 1 amide bonds. The van der Waals surface area contributed by atoms with Gasteiger partial charge in [-0.05, 0) is 43.2 Å². The zero-order valence-corrected chi connectivity index (χ0v) is 12.4. The Morgan fingerprint density at radius 2 is 2.10 bits per heavy atom. The van der Waals surface area contributed by atoms with Gasteiger partial charge >= 0.3 is 5.97 Å². The molecule has 0 saturated carbocycles. The van der Waals surface area contributed by atoms with Crippen LogP contribution in [0, 0.1) is 13.8 Å². The molecule has 1 aromatic carbocycles. The maximum Gasteiger partial charge on any atom is 0.328 e. The molecular formula is C15H14N2O3S. The SMILES string of the molecule is Cc1cc(C=CC(=O)O)ccc1NC(=O)c1scnc1C. The Balaban J connectivity index is 2.16. The van der Waals surface area contributed by atoms with Crippen molar-refractivity contribution in [3.63, 3.8) is 0 Å². The van der Waals surface area contributed by atoms with E-state index >= 15 is 0 Å². The zero-order chi connectivity index (χ0) is 15.4. The first-order valence-corrected chi connectivity index (χ1v) is 7.08. The Morgan fingerprint density at radius 1 is 1.33 bits per heavy atom. The normalized spacial score (nSPS) is 10.8. The first kappa shape index (κ1) is 14.9. The number of benzene rings is 1. The molecule has 108 valence electrons. The van der Waals surface area contributed by atoms with Crippen molar-refractivity contribution < 1.29 is 14.7 Å². The summed E-state index contributed by atoms with van der Waals surface area (Å²) in [5, 5.41) is 11.4. The summed E-state index contributed by atoms with van der Waals surface area (Å²) in [6.07, 6.45) is 2.59. The number of hydrogen-bond donors (Lipinski definition) is 2. The zero-order valence-electron chi connectivity index (χ0n) is 11.6. The van der Waals surface area contributed by atoms with Crippen LogP contribution in [0.15, 0.2) is 29.8 Å². The smallest absolute Gasteiger partial charge is 0.328 e. The summed E-state index contributed by atoms with van der Waals surface area (Å²) in [7, 11) is 0. The van der Waals surface area contributed by atoms with Gasteiger partial charge in [0.1, 0.15) is 4.88 Å². The van der Waals surface area contributed by atoms with Crippen molar-refractivity contribution in [3.8, 4) is 0 Å². The Morgan fingerprint density at radius 3 is 2.67 bits per heavy atom. The number of carboxylic acid groups (broad SMARTS) is 1. The summed E-state index contributed by atoms with van der Waals surface area (Å²) >= 11 is 1.30. The highest BCUT2D eigenvalue weighted by Gasteiger charge is 2.12. The number of aromatic nitrogens is 1. The molecule has 0 fully saturated rings. The van der Waals surface area contributed by atoms with E-state index in [4.69, 9.17) is 5.11 Å². The van der Waals surface area contributed by atoms with Crippen LogP contribution in [0.5, 0.6) is 0 Å². The molecule has 0 aliphatic carbocycles. The molecule has 5 nitrogen and oxygen atoms in total. The highest BCUT2D eigenvalue weighted by atomic mass is 32.1. The lowest BCUT2D eigenvalue weighted by molar-refractivity contribution is -0.131. The summed E-state index contributed by atoms with van der Waals surface area (Å²) in [4.78, 5) is 27.2. The fourth-order valence-electron chi connectivity index (χ4n) is 1.80. The molecule has 0 saturated heterocycles. The molecule has 0 spiro atoms. The number of aryl methyl sites for hydroxylation is 2. The van der Waals surface area contributed by atoms with Crippen LogP contribution in [0.1, 0.15) is 26.5 Å². The van der Waals surface area contributed by atoms with Crippen molar-refractivity contribution in [2.24, 2.45) is 0 Å².